The van der Waals surface area contributed by atoms with E-state index in [0.29, 0.717) is 11.4 Å². The van der Waals surface area contributed by atoms with Gasteiger partial charge in [-0.15, -0.1) is 0 Å². The average Bonchev–Trinajstić information content (AvgIpc) is 3.09. The highest BCUT2D eigenvalue weighted by molar-refractivity contribution is 5.96. The van der Waals surface area contributed by atoms with Gasteiger partial charge in [-0.1, -0.05) is 24.3 Å². The first-order valence-corrected chi connectivity index (χ1v) is 8.57. The van der Waals surface area contributed by atoms with Crippen molar-refractivity contribution in [1.29, 1.82) is 0 Å². The van der Waals surface area contributed by atoms with Crippen LogP contribution in [-0.2, 0) is 4.79 Å². The van der Waals surface area contributed by atoms with E-state index >= 15 is 0 Å². The first-order chi connectivity index (χ1) is 13.4. The van der Waals surface area contributed by atoms with Crippen LogP contribution in [0.5, 0.6) is 11.5 Å². The second-order valence-corrected chi connectivity index (χ2v) is 6.18. The molecule has 1 heterocycles. The maximum Gasteiger partial charge on any atom is 0.294 e. The molecule has 144 valence electrons. The summed E-state index contributed by atoms with van der Waals surface area (Å²) < 4.78 is 6.76. The van der Waals surface area contributed by atoms with Crippen LogP contribution in [0.15, 0.2) is 54.7 Å². The van der Waals surface area contributed by atoms with Crippen LogP contribution in [0.3, 0.4) is 0 Å². The van der Waals surface area contributed by atoms with Crippen LogP contribution in [0.25, 0.3) is 5.69 Å². The molecule has 0 saturated heterocycles. The second-order valence-electron chi connectivity index (χ2n) is 6.18. The minimum atomic E-state index is -0.744. The van der Waals surface area contributed by atoms with Crippen molar-refractivity contribution in [3.63, 3.8) is 0 Å². The van der Waals surface area contributed by atoms with E-state index in [4.69, 9.17) is 4.74 Å². The number of ether oxygens (including phenoxy) is 1. The van der Waals surface area contributed by atoms with Crippen molar-refractivity contribution in [3.05, 3.63) is 71.5 Å². The third-order valence-corrected chi connectivity index (χ3v) is 4.09. The van der Waals surface area contributed by atoms with Gasteiger partial charge >= 0.3 is 0 Å². The predicted octanol–water partition coefficient (Wildman–Crippen LogP) is 2.03. The normalized spacial score (nSPS) is 10.4. The van der Waals surface area contributed by atoms with Gasteiger partial charge in [-0.05, 0) is 49.2 Å². The molecule has 0 aliphatic heterocycles. The number of hydrogen-bond donors (Lipinski definition) is 3. The molecule has 0 radical (unpaired) electrons. The number of carbonyl (C=O) groups excluding carboxylic acids is 2. The van der Waals surface area contributed by atoms with Gasteiger partial charge in [0.1, 0.15) is 5.75 Å². The Hall–Kier alpha value is -3.81. The third-order valence-electron chi connectivity index (χ3n) is 4.09. The number of para-hydroxylation sites is 1. The van der Waals surface area contributed by atoms with Gasteiger partial charge in [-0.25, -0.2) is 4.68 Å². The fourth-order valence-corrected chi connectivity index (χ4v) is 2.41. The number of carbonyl (C=O) groups is 2. The average molecular weight is 380 g/mol. The van der Waals surface area contributed by atoms with E-state index in [1.165, 1.54) is 10.9 Å². The number of nitrogens with zero attached hydrogens (tertiary/aromatic N) is 2. The summed E-state index contributed by atoms with van der Waals surface area (Å²) in [4.78, 5) is 24.0. The maximum absolute atomic E-state index is 12.2. The second kappa shape index (κ2) is 8.26. The van der Waals surface area contributed by atoms with Crippen molar-refractivity contribution >= 4 is 11.8 Å². The topological polar surface area (TPSA) is 105 Å². The molecule has 8 nitrogen and oxygen atoms in total. The molecule has 0 aliphatic carbocycles. The van der Waals surface area contributed by atoms with Gasteiger partial charge in [-0.3, -0.25) is 20.4 Å². The summed E-state index contributed by atoms with van der Waals surface area (Å²) in [6.07, 6.45) is 1.31. The fourth-order valence-electron chi connectivity index (χ4n) is 2.41. The predicted molar refractivity (Wildman–Crippen MR) is 102 cm³/mol. The Bertz CT molecular complexity index is 999. The highest BCUT2D eigenvalue weighted by Crippen LogP contribution is 2.18. The molecule has 28 heavy (non-hydrogen) atoms. The maximum atomic E-state index is 12.2. The summed E-state index contributed by atoms with van der Waals surface area (Å²) in [5.74, 6) is -1.04. The minimum absolute atomic E-state index is 0.209. The lowest BCUT2D eigenvalue weighted by molar-refractivity contribution is -0.123. The molecular weight excluding hydrogens is 360 g/mol. The molecule has 0 spiro atoms. The van der Waals surface area contributed by atoms with Gasteiger partial charge in [0.2, 0.25) is 0 Å². The van der Waals surface area contributed by atoms with Gasteiger partial charge < -0.3 is 9.84 Å². The van der Waals surface area contributed by atoms with Crippen LogP contribution in [0, 0.1) is 13.8 Å². The van der Waals surface area contributed by atoms with Crippen molar-refractivity contribution in [2.45, 2.75) is 13.8 Å². The number of amides is 2. The van der Waals surface area contributed by atoms with Gasteiger partial charge in [0, 0.05) is 0 Å². The Labute approximate surface area is 161 Å². The summed E-state index contributed by atoms with van der Waals surface area (Å²) >= 11 is 0. The number of rotatable bonds is 5. The number of aryl methyl sites for hydroxylation is 2. The van der Waals surface area contributed by atoms with Gasteiger partial charge in [0.15, 0.2) is 18.1 Å². The molecule has 0 atom stereocenters. The van der Waals surface area contributed by atoms with Gasteiger partial charge in [-0.2, -0.15) is 5.10 Å². The van der Waals surface area contributed by atoms with Crippen LogP contribution in [0.1, 0.15) is 21.6 Å². The number of benzene rings is 2. The molecule has 0 fully saturated rings. The fraction of sp³-hybridized carbons (Fsp3) is 0.150. The Morgan fingerprint density at radius 2 is 1.82 bits per heavy atom. The van der Waals surface area contributed by atoms with Crippen molar-refractivity contribution in [2.75, 3.05) is 6.61 Å². The van der Waals surface area contributed by atoms with Crippen LogP contribution < -0.4 is 15.6 Å². The lowest BCUT2D eigenvalue weighted by Gasteiger charge is -2.09. The number of aromatic hydroxyl groups is 1. The summed E-state index contributed by atoms with van der Waals surface area (Å²) in [7, 11) is 0. The summed E-state index contributed by atoms with van der Waals surface area (Å²) in [6, 6.07) is 14.5. The van der Waals surface area contributed by atoms with Crippen molar-refractivity contribution in [1.82, 2.24) is 20.6 Å². The van der Waals surface area contributed by atoms with E-state index in [-0.39, 0.29) is 18.1 Å². The van der Waals surface area contributed by atoms with Crippen molar-refractivity contribution in [2.24, 2.45) is 0 Å². The van der Waals surface area contributed by atoms with Crippen molar-refractivity contribution in [3.8, 4) is 17.2 Å². The molecule has 3 N–H and O–H groups in total. The minimum Gasteiger partial charge on any atom is -0.504 e. The van der Waals surface area contributed by atoms with E-state index in [0.717, 1.165) is 11.1 Å². The van der Waals surface area contributed by atoms with Crippen LogP contribution >= 0.6 is 0 Å². The summed E-state index contributed by atoms with van der Waals surface area (Å²) in [6.45, 7) is 3.66. The molecule has 3 aromatic rings. The third kappa shape index (κ3) is 4.47. The SMILES string of the molecule is Cc1ccc(OCC(=O)NNC(=O)c2nn(-c3ccccc3)cc2O)cc1C. The Kier molecular flexibility index (Phi) is 5.59. The molecule has 3 rings (SSSR count). The van der Waals surface area contributed by atoms with E-state index < -0.39 is 11.8 Å². The molecule has 0 saturated carbocycles. The number of hydrogen-bond acceptors (Lipinski definition) is 5. The molecule has 1 aromatic heterocycles. The molecule has 8 heteroatoms. The van der Waals surface area contributed by atoms with E-state index in [1.807, 2.05) is 44.2 Å². The summed E-state index contributed by atoms with van der Waals surface area (Å²) in [5, 5.41) is 14.0. The number of nitrogens with one attached hydrogen (secondary N) is 2. The Morgan fingerprint density at radius 3 is 2.54 bits per heavy atom. The first-order valence-electron chi connectivity index (χ1n) is 8.57. The zero-order chi connectivity index (χ0) is 20.1. The smallest absolute Gasteiger partial charge is 0.294 e. The molecular formula is C20H20N4O4. The summed E-state index contributed by atoms with van der Waals surface area (Å²) in [5.41, 5.74) is 7.09. The Morgan fingerprint density at radius 1 is 1.07 bits per heavy atom. The van der Waals surface area contributed by atoms with Gasteiger partial charge in [0.05, 0.1) is 11.9 Å². The first kappa shape index (κ1) is 19.0. The van der Waals surface area contributed by atoms with E-state index in [9.17, 15) is 14.7 Å². The molecule has 2 amide bonds. The molecule has 0 bridgehead atoms. The van der Waals surface area contributed by atoms with E-state index in [2.05, 4.69) is 16.0 Å². The highest BCUT2D eigenvalue weighted by Gasteiger charge is 2.17. The highest BCUT2D eigenvalue weighted by atomic mass is 16.5. The van der Waals surface area contributed by atoms with Crippen molar-refractivity contribution < 1.29 is 19.4 Å². The molecule has 0 unspecified atom stereocenters. The van der Waals surface area contributed by atoms with Crippen LogP contribution in [0.4, 0.5) is 0 Å². The lowest BCUT2D eigenvalue weighted by Crippen LogP contribution is -2.44. The zero-order valence-electron chi connectivity index (χ0n) is 15.5. The van der Waals surface area contributed by atoms with Crippen LogP contribution in [0.2, 0.25) is 0 Å². The molecule has 0 aliphatic rings. The Balaban J connectivity index is 1.54. The number of hydrazine groups is 1. The monoisotopic (exact) mass is 380 g/mol. The van der Waals surface area contributed by atoms with Crippen LogP contribution in [-0.4, -0.2) is 33.3 Å². The largest absolute Gasteiger partial charge is 0.504 e. The standard InChI is InChI=1S/C20H20N4O4/c1-13-8-9-16(10-14(13)2)28-12-18(26)21-22-20(27)19-17(25)11-24(23-19)15-6-4-3-5-7-15/h3-11,25H,12H2,1-2H3,(H,21,26)(H,22,27). The molecule has 2 aromatic carbocycles. The zero-order valence-corrected chi connectivity index (χ0v) is 15.5. The quantitative estimate of drug-likeness (QED) is 0.588. The van der Waals surface area contributed by atoms with Gasteiger partial charge in [0.25, 0.3) is 11.8 Å². The van der Waals surface area contributed by atoms with E-state index in [1.54, 1.807) is 18.2 Å². The lowest BCUT2D eigenvalue weighted by atomic mass is 10.1. The number of aromatic nitrogens is 2.